The summed E-state index contributed by atoms with van der Waals surface area (Å²) in [7, 11) is 0. The number of anilines is 1. The summed E-state index contributed by atoms with van der Waals surface area (Å²) in [5, 5.41) is 7.15. The van der Waals surface area contributed by atoms with E-state index in [0.29, 0.717) is 31.9 Å². The second-order valence-corrected chi connectivity index (χ2v) is 4.19. The highest BCUT2D eigenvalue weighted by Gasteiger charge is 2.01. The zero-order chi connectivity index (χ0) is 13.7. The van der Waals surface area contributed by atoms with Gasteiger partial charge in [-0.15, -0.1) is 0 Å². The van der Waals surface area contributed by atoms with Crippen molar-refractivity contribution in [1.29, 1.82) is 0 Å². The van der Waals surface area contributed by atoms with E-state index in [1.807, 2.05) is 17.7 Å². The fourth-order valence-electron chi connectivity index (χ4n) is 1.76. The first-order valence-electron chi connectivity index (χ1n) is 6.19. The predicted octanol–water partition coefficient (Wildman–Crippen LogP) is -0.181. The summed E-state index contributed by atoms with van der Waals surface area (Å²) in [4.78, 5) is 16.0. The van der Waals surface area contributed by atoms with Gasteiger partial charge in [-0.1, -0.05) is 0 Å². The molecule has 0 amide bonds. The molecule has 2 rings (SSSR count). The Morgan fingerprint density at radius 2 is 2.26 bits per heavy atom. The van der Waals surface area contributed by atoms with Crippen LogP contribution in [0.15, 0.2) is 29.5 Å². The van der Waals surface area contributed by atoms with E-state index in [1.54, 1.807) is 12.4 Å². The van der Waals surface area contributed by atoms with Crippen LogP contribution in [0.1, 0.15) is 5.82 Å². The molecule has 2 heterocycles. The van der Waals surface area contributed by atoms with Crippen molar-refractivity contribution in [3.63, 3.8) is 0 Å². The van der Waals surface area contributed by atoms with Gasteiger partial charge in [0.05, 0.1) is 18.4 Å². The summed E-state index contributed by atoms with van der Waals surface area (Å²) in [6.07, 6.45) is 5.26. The number of nitrogens with one attached hydrogen (secondary N) is 1. The molecule has 7 nitrogen and oxygen atoms in total. The van der Waals surface area contributed by atoms with Crippen LogP contribution in [0.5, 0.6) is 0 Å². The first-order chi connectivity index (χ1) is 9.20. The molecule has 0 aromatic carbocycles. The van der Waals surface area contributed by atoms with Crippen LogP contribution in [0.3, 0.4) is 0 Å². The molecule has 0 radical (unpaired) electrons. The molecule has 0 saturated carbocycles. The van der Waals surface area contributed by atoms with Crippen molar-refractivity contribution < 1.29 is 0 Å². The topological polar surface area (TPSA) is 90.8 Å². The summed E-state index contributed by atoms with van der Waals surface area (Å²) in [6.45, 7) is 4.26. The van der Waals surface area contributed by atoms with Gasteiger partial charge in [0, 0.05) is 38.1 Å². The maximum Gasteiger partial charge on any atom is 0.268 e. The summed E-state index contributed by atoms with van der Waals surface area (Å²) >= 11 is 0. The third-order valence-electron chi connectivity index (χ3n) is 2.82. The van der Waals surface area contributed by atoms with Crippen LogP contribution in [0, 0.1) is 6.92 Å². The van der Waals surface area contributed by atoms with Crippen LogP contribution in [-0.4, -0.2) is 32.4 Å². The van der Waals surface area contributed by atoms with Crippen molar-refractivity contribution in [3.05, 3.63) is 40.8 Å². The van der Waals surface area contributed by atoms with Crippen molar-refractivity contribution in [1.82, 2.24) is 19.3 Å². The lowest BCUT2D eigenvalue weighted by molar-refractivity contribution is 0.505. The maximum absolute atomic E-state index is 11.9. The van der Waals surface area contributed by atoms with Crippen LogP contribution < -0.4 is 16.6 Å². The number of nitrogens with zero attached hydrogens (tertiary/aromatic N) is 4. The number of rotatable bonds is 6. The molecule has 2 aromatic rings. The lowest BCUT2D eigenvalue weighted by Crippen LogP contribution is -2.25. The largest absolute Gasteiger partial charge is 0.382 e. The summed E-state index contributed by atoms with van der Waals surface area (Å²) in [6, 6.07) is 1.53. The normalized spacial score (nSPS) is 10.6. The standard InChI is InChI=1S/C12H18N6O/c1-10-14-4-5-17(10)6-7-18-12(19)8-11(9-16-18)15-3-2-13/h4-5,8-9,15H,2-3,6-7,13H2,1H3. The highest BCUT2D eigenvalue weighted by Crippen LogP contribution is 1.99. The van der Waals surface area contributed by atoms with E-state index in [2.05, 4.69) is 15.4 Å². The Balaban J connectivity index is 2.01. The van der Waals surface area contributed by atoms with Crippen molar-refractivity contribution in [3.8, 4) is 0 Å². The molecule has 2 aromatic heterocycles. The molecule has 0 aliphatic rings. The van der Waals surface area contributed by atoms with Gasteiger partial charge in [-0.05, 0) is 6.92 Å². The van der Waals surface area contributed by atoms with Crippen LogP contribution in [-0.2, 0) is 13.1 Å². The molecule has 0 spiro atoms. The monoisotopic (exact) mass is 262 g/mol. The minimum absolute atomic E-state index is 0.125. The minimum Gasteiger partial charge on any atom is -0.382 e. The average Bonchev–Trinajstić information content (AvgIpc) is 2.81. The quantitative estimate of drug-likeness (QED) is 0.753. The molecule has 0 unspecified atom stereocenters. The average molecular weight is 262 g/mol. The smallest absolute Gasteiger partial charge is 0.268 e. The molecular formula is C12H18N6O. The Morgan fingerprint density at radius 3 is 2.89 bits per heavy atom. The Kier molecular flexibility index (Phi) is 4.30. The number of aryl methyl sites for hydroxylation is 3. The number of imidazole rings is 1. The Bertz CT molecular complexity index is 588. The van der Waals surface area contributed by atoms with Gasteiger partial charge in [-0.3, -0.25) is 4.79 Å². The first kappa shape index (κ1) is 13.3. The molecule has 102 valence electrons. The second kappa shape index (κ2) is 6.14. The fourth-order valence-corrected chi connectivity index (χ4v) is 1.76. The van der Waals surface area contributed by atoms with Crippen LogP contribution in [0.25, 0.3) is 0 Å². The second-order valence-electron chi connectivity index (χ2n) is 4.19. The van der Waals surface area contributed by atoms with Gasteiger partial charge in [-0.2, -0.15) is 5.10 Å². The summed E-state index contributed by atoms with van der Waals surface area (Å²) in [5.41, 5.74) is 5.96. The fraction of sp³-hybridized carbons (Fsp3) is 0.417. The maximum atomic E-state index is 11.9. The van der Waals surface area contributed by atoms with Gasteiger partial charge in [0.15, 0.2) is 0 Å². The van der Waals surface area contributed by atoms with Gasteiger partial charge in [0.2, 0.25) is 0 Å². The van der Waals surface area contributed by atoms with Gasteiger partial charge in [-0.25, -0.2) is 9.67 Å². The zero-order valence-corrected chi connectivity index (χ0v) is 10.9. The number of nitrogens with two attached hydrogens (primary N) is 1. The van der Waals surface area contributed by atoms with E-state index >= 15 is 0 Å². The number of hydrogen-bond donors (Lipinski definition) is 2. The summed E-state index contributed by atoms with van der Waals surface area (Å²) < 4.78 is 3.42. The van der Waals surface area contributed by atoms with Crippen LogP contribution >= 0.6 is 0 Å². The van der Waals surface area contributed by atoms with Gasteiger partial charge >= 0.3 is 0 Å². The van der Waals surface area contributed by atoms with Gasteiger partial charge < -0.3 is 15.6 Å². The highest BCUT2D eigenvalue weighted by atomic mass is 16.1. The summed E-state index contributed by atoms with van der Waals surface area (Å²) in [5.74, 6) is 0.925. The molecule has 0 fully saturated rings. The van der Waals surface area contributed by atoms with E-state index in [0.717, 1.165) is 5.82 Å². The van der Waals surface area contributed by atoms with E-state index < -0.39 is 0 Å². The lowest BCUT2D eigenvalue weighted by Gasteiger charge is -2.08. The van der Waals surface area contributed by atoms with Crippen LogP contribution in [0.4, 0.5) is 5.69 Å². The van der Waals surface area contributed by atoms with Crippen molar-refractivity contribution >= 4 is 5.69 Å². The first-order valence-corrected chi connectivity index (χ1v) is 6.19. The molecular weight excluding hydrogens is 244 g/mol. The lowest BCUT2D eigenvalue weighted by atomic mass is 10.4. The molecule has 0 aliphatic heterocycles. The number of hydrogen-bond acceptors (Lipinski definition) is 5. The molecule has 0 bridgehead atoms. The van der Waals surface area contributed by atoms with Crippen molar-refractivity contribution in [2.24, 2.45) is 5.73 Å². The van der Waals surface area contributed by atoms with Crippen LogP contribution in [0.2, 0.25) is 0 Å². The molecule has 0 atom stereocenters. The molecule has 0 saturated heterocycles. The minimum atomic E-state index is -0.125. The SMILES string of the molecule is Cc1nccn1CCn1ncc(NCCN)cc1=O. The number of aromatic nitrogens is 4. The van der Waals surface area contributed by atoms with Gasteiger partial charge in [0.25, 0.3) is 5.56 Å². The molecule has 19 heavy (non-hydrogen) atoms. The third kappa shape index (κ3) is 3.41. The van der Waals surface area contributed by atoms with Crippen molar-refractivity contribution in [2.45, 2.75) is 20.0 Å². The Labute approximate surface area is 111 Å². The van der Waals surface area contributed by atoms with Gasteiger partial charge in [0.1, 0.15) is 5.82 Å². The zero-order valence-electron chi connectivity index (χ0n) is 10.9. The molecule has 0 aliphatic carbocycles. The predicted molar refractivity (Wildman–Crippen MR) is 73.0 cm³/mol. The van der Waals surface area contributed by atoms with E-state index in [1.165, 1.54) is 10.7 Å². The third-order valence-corrected chi connectivity index (χ3v) is 2.82. The molecule has 7 heteroatoms. The Hall–Kier alpha value is -2.15. The Morgan fingerprint density at radius 1 is 1.42 bits per heavy atom. The van der Waals surface area contributed by atoms with Crippen molar-refractivity contribution in [2.75, 3.05) is 18.4 Å². The molecule has 3 N–H and O–H groups in total. The van der Waals surface area contributed by atoms with E-state index in [4.69, 9.17) is 5.73 Å². The van der Waals surface area contributed by atoms with E-state index in [-0.39, 0.29) is 5.56 Å². The van der Waals surface area contributed by atoms with E-state index in [9.17, 15) is 4.79 Å². The highest BCUT2D eigenvalue weighted by molar-refractivity contribution is 5.38.